The van der Waals surface area contributed by atoms with E-state index < -0.39 is 5.41 Å². The Labute approximate surface area is 123 Å². The second-order valence-electron chi connectivity index (χ2n) is 4.99. The summed E-state index contributed by atoms with van der Waals surface area (Å²) in [7, 11) is 0. The first-order valence-corrected chi connectivity index (χ1v) is 6.95. The Morgan fingerprint density at radius 1 is 1.45 bits per heavy atom. The number of rotatable bonds is 4. The van der Waals surface area contributed by atoms with E-state index in [2.05, 4.69) is 10.3 Å². The summed E-state index contributed by atoms with van der Waals surface area (Å²) in [6.45, 7) is 4.91. The van der Waals surface area contributed by atoms with Gasteiger partial charge in [0, 0.05) is 13.2 Å². The lowest BCUT2D eigenvalue weighted by Gasteiger charge is -2.34. The van der Waals surface area contributed by atoms with Crippen molar-refractivity contribution in [2.24, 2.45) is 11.1 Å². The fourth-order valence-electron chi connectivity index (χ4n) is 2.25. The molecule has 0 aliphatic carbocycles. The van der Waals surface area contributed by atoms with E-state index in [1.165, 1.54) is 0 Å². The summed E-state index contributed by atoms with van der Waals surface area (Å²) in [6.07, 6.45) is 1.02. The van der Waals surface area contributed by atoms with Crippen molar-refractivity contribution in [3.8, 4) is 0 Å². The molecule has 1 aliphatic heterocycles. The third kappa shape index (κ3) is 2.83. The van der Waals surface area contributed by atoms with Crippen LogP contribution in [0.15, 0.2) is 4.42 Å². The number of oxazole rings is 1. The van der Waals surface area contributed by atoms with Crippen molar-refractivity contribution in [1.82, 2.24) is 10.3 Å². The highest BCUT2D eigenvalue weighted by atomic mass is 32.1. The van der Waals surface area contributed by atoms with E-state index in [0.29, 0.717) is 31.9 Å². The molecule has 20 heavy (non-hydrogen) atoms. The van der Waals surface area contributed by atoms with Gasteiger partial charge in [-0.3, -0.25) is 4.79 Å². The van der Waals surface area contributed by atoms with Crippen LogP contribution >= 0.6 is 12.2 Å². The zero-order chi connectivity index (χ0) is 14.8. The molecule has 6 nitrogen and oxygen atoms in total. The van der Waals surface area contributed by atoms with Crippen LogP contribution in [0.4, 0.5) is 0 Å². The van der Waals surface area contributed by atoms with Crippen LogP contribution in [-0.2, 0) is 16.1 Å². The van der Waals surface area contributed by atoms with Crippen LogP contribution in [0.2, 0.25) is 0 Å². The number of nitrogens with zero attached hydrogens (tertiary/aromatic N) is 1. The minimum Gasteiger partial charge on any atom is -0.444 e. The van der Waals surface area contributed by atoms with Gasteiger partial charge in [-0.25, -0.2) is 4.98 Å². The molecule has 0 atom stereocenters. The van der Waals surface area contributed by atoms with Gasteiger partial charge in [0.05, 0.1) is 17.2 Å². The van der Waals surface area contributed by atoms with Crippen molar-refractivity contribution < 1.29 is 13.9 Å². The van der Waals surface area contributed by atoms with Crippen molar-refractivity contribution in [3.05, 3.63) is 17.3 Å². The molecule has 2 heterocycles. The van der Waals surface area contributed by atoms with Crippen molar-refractivity contribution in [2.75, 3.05) is 13.2 Å². The lowest BCUT2D eigenvalue weighted by atomic mass is 9.79. The van der Waals surface area contributed by atoms with Crippen molar-refractivity contribution in [3.63, 3.8) is 0 Å². The molecule has 1 aromatic rings. The van der Waals surface area contributed by atoms with Crippen molar-refractivity contribution >= 4 is 23.1 Å². The number of hydrogen-bond donors (Lipinski definition) is 2. The number of aromatic nitrogens is 1. The molecular weight excluding hydrogens is 278 g/mol. The number of aryl methyl sites for hydroxylation is 2. The van der Waals surface area contributed by atoms with Gasteiger partial charge >= 0.3 is 0 Å². The summed E-state index contributed by atoms with van der Waals surface area (Å²) in [4.78, 5) is 16.9. The topological polar surface area (TPSA) is 90.4 Å². The highest BCUT2D eigenvalue weighted by Crippen LogP contribution is 2.31. The zero-order valence-corrected chi connectivity index (χ0v) is 12.5. The normalized spacial score (nSPS) is 17.7. The predicted molar refractivity (Wildman–Crippen MR) is 77.1 cm³/mol. The van der Waals surface area contributed by atoms with Gasteiger partial charge in [-0.05, 0) is 26.7 Å². The van der Waals surface area contributed by atoms with Crippen molar-refractivity contribution in [1.29, 1.82) is 0 Å². The quantitative estimate of drug-likeness (QED) is 0.806. The molecule has 1 fully saturated rings. The van der Waals surface area contributed by atoms with E-state index in [1.54, 1.807) is 0 Å². The molecule has 0 spiro atoms. The monoisotopic (exact) mass is 297 g/mol. The Morgan fingerprint density at radius 3 is 2.60 bits per heavy atom. The van der Waals surface area contributed by atoms with Crippen LogP contribution < -0.4 is 11.1 Å². The van der Waals surface area contributed by atoms with Crippen LogP contribution in [0.25, 0.3) is 0 Å². The molecule has 1 aliphatic rings. The third-order valence-electron chi connectivity index (χ3n) is 3.73. The van der Waals surface area contributed by atoms with E-state index >= 15 is 0 Å². The minimum atomic E-state index is -0.815. The highest BCUT2D eigenvalue weighted by molar-refractivity contribution is 7.80. The maximum atomic E-state index is 12.4. The second-order valence-corrected chi connectivity index (χ2v) is 5.43. The summed E-state index contributed by atoms with van der Waals surface area (Å²) in [6, 6.07) is 0. The molecule has 1 aromatic heterocycles. The number of ether oxygens (including phenoxy) is 1. The summed E-state index contributed by atoms with van der Waals surface area (Å²) >= 11 is 5.08. The van der Waals surface area contributed by atoms with E-state index in [0.717, 1.165) is 11.5 Å². The molecule has 110 valence electrons. The van der Waals surface area contributed by atoms with Gasteiger partial charge in [0.2, 0.25) is 11.8 Å². The fourth-order valence-corrected chi connectivity index (χ4v) is 2.54. The number of hydrogen-bond acceptors (Lipinski definition) is 5. The van der Waals surface area contributed by atoms with Gasteiger partial charge in [0.25, 0.3) is 0 Å². The lowest BCUT2D eigenvalue weighted by Crippen LogP contribution is -2.51. The van der Waals surface area contributed by atoms with Gasteiger partial charge in [-0.2, -0.15) is 0 Å². The highest BCUT2D eigenvalue weighted by Gasteiger charge is 2.42. The van der Waals surface area contributed by atoms with Crippen LogP contribution in [0.1, 0.15) is 30.2 Å². The number of carbonyl (C=O) groups is 1. The predicted octanol–water partition coefficient (Wildman–Crippen LogP) is 0.991. The largest absolute Gasteiger partial charge is 0.444 e. The lowest BCUT2D eigenvalue weighted by molar-refractivity contribution is -0.131. The first kappa shape index (κ1) is 14.9. The molecule has 1 saturated heterocycles. The Hall–Kier alpha value is -1.47. The molecule has 0 aromatic carbocycles. The summed E-state index contributed by atoms with van der Waals surface area (Å²) < 4.78 is 10.7. The third-order valence-corrected chi connectivity index (χ3v) is 4.12. The Morgan fingerprint density at radius 2 is 2.10 bits per heavy atom. The number of thiocarbonyl (C=S) groups is 1. The SMILES string of the molecule is Cc1nc(CNC(=O)C2(C(N)=S)CCOCC2)oc1C. The van der Waals surface area contributed by atoms with Gasteiger partial charge in [-0.1, -0.05) is 12.2 Å². The van der Waals surface area contributed by atoms with E-state index in [4.69, 9.17) is 27.1 Å². The van der Waals surface area contributed by atoms with Crippen LogP contribution in [-0.4, -0.2) is 29.1 Å². The molecule has 0 unspecified atom stereocenters. The standard InChI is InChI=1S/C13H19N3O3S/c1-8-9(2)19-10(16-8)7-15-12(17)13(11(14)20)3-5-18-6-4-13/h3-7H2,1-2H3,(H2,14,20)(H,15,17). The average molecular weight is 297 g/mol. The fraction of sp³-hybridized carbons (Fsp3) is 0.615. The Balaban J connectivity index is 2.04. The van der Waals surface area contributed by atoms with E-state index in [9.17, 15) is 4.79 Å². The maximum absolute atomic E-state index is 12.4. The smallest absolute Gasteiger partial charge is 0.233 e. The van der Waals surface area contributed by atoms with Crippen LogP contribution in [0.3, 0.4) is 0 Å². The first-order valence-electron chi connectivity index (χ1n) is 6.54. The van der Waals surface area contributed by atoms with E-state index in [-0.39, 0.29) is 17.4 Å². The molecule has 0 saturated carbocycles. The van der Waals surface area contributed by atoms with Crippen LogP contribution in [0.5, 0.6) is 0 Å². The molecule has 0 radical (unpaired) electrons. The van der Waals surface area contributed by atoms with Gasteiger partial charge in [0.1, 0.15) is 11.2 Å². The Bertz CT molecular complexity index is 501. The number of carbonyl (C=O) groups excluding carboxylic acids is 1. The summed E-state index contributed by atoms with van der Waals surface area (Å²) in [5, 5.41) is 2.81. The Kier molecular flexibility index (Phi) is 4.39. The second kappa shape index (κ2) is 5.88. The molecule has 7 heteroatoms. The van der Waals surface area contributed by atoms with Gasteiger partial charge < -0.3 is 20.2 Å². The minimum absolute atomic E-state index is 0.179. The van der Waals surface area contributed by atoms with Crippen LogP contribution in [0, 0.1) is 19.3 Å². The van der Waals surface area contributed by atoms with Crippen molar-refractivity contribution in [2.45, 2.75) is 33.2 Å². The first-order chi connectivity index (χ1) is 9.45. The van der Waals surface area contributed by atoms with E-state index in [1.807, 2.05) is 13.8 Å². The summed E-state index contributed by atoms with van der Waals surface area (Å²) in [5.74, 6) is 1.06. The molecule has 1 amide bonds. The van der Waals surface area contributed by atoms with Gasteiger partial charge in [-0.15, -0.1) is 0 Å². The molecular formula is C13H19N3O3S. The molecule has 3 N–H and O–H groups in total. The molecule has 2 rings (SSSR count). The molecule has 0 bridgehead atoms. The average Bonchev–Trinajstić information content (AvgIpc) is 2.75. The number of nitrogens with one attached hydrogen (secondary N) is 1. The number of nitrogens with two attached hydrogens (primary N) is 1. The number of amides is 1. The zero-order valence-electron chi connectivity index (χ0n) is 11.7. The van der Waals surface area contributed by atoms with Gasteiger partial charge in [0.15, 0.2) is 0 Å². The summed E-state index contributed by atoms with van der Waals surface area (Å²) in [5.41, 5.74) is 5.78. The maximum Gasteiger partial charge on any atom is 0.233 e.